The van der Waals surface area contributed by atoms with Crippen molar-refractivity contribution in [3.63, 3.8) is 0 Å². The van der Waals surface area contributed by atoms with E-state index in [4.69, 9.17) is 10.1 Å². The van der Waals surface area contributed by atoms with Crippen molar-refractivity contribution in [1.82, 2.24) is 10.3 Å². The summed E-state index contributed by atoms with van der Waals surface area (Å²) in [7, 11) is 0. The number of amides is 3. The first-order chi connectivity index (χ1) is 17.2. The Morgan fingerprint density at radius 2 is 1.97 bits per heavy atom. The summed E-state index contributed by atoms with van der Waals surface area (Å²) in [4.78, 5) is 44.8. The molecule has 0 radical (unpaired) electrons. The number of aliphatic carboxylic acids is 1. The number of nitrogens with one attached hydrogen (secondary N) is 3. The Kier molecular flexibility index (Phi) is 9.86. The number of aliphatic imine (C=N–C) groups is 1. The molecule has 1 aliphatic heterocycles. The zero-order valence-electron chi connectivity index (χ0n) is 20.8. The van der Waals surface area contributed by atoms with E-state index in [1.54, 1.807) is 42.2 Å². The lowest BCUT2D eigenvalue weighted by molar-refractivity contribution is -0.137. The molecule has 10 heteroatoms. The van der Waals surface area contributed by atoms with Crippen LogP contribution in [-0.4, -0.2) is 50.9 Å². The lowest BCUT2D eigenvalue weighted by Gasteiger charge is -2.20. The van der Waals surface area contributed by atoms with Gasteiger partial charge in [0.2, 0.25) is 5.91 Å². The number of pyridine rings is 1. The van der Waals surface area contributed by atoms with Crippen molar-refractivity contribution in [3.8, 4) is 0 Å². The van der Waals surface area contributed by atoms with Crippen LogP contribution >= 0.6 is 11.8 Å². The Morgan fingerprint density at radius 3 is 2.64 bits per heavy atom. The average molecular weight is 512 g/mol. The largest absolute Gasteiger partial charge is 0.481 e. The van der Waals surface area contributed by atoms with Crippen LogP contribution in [0.25, 0.3) is 0 Å². The minimum atomic E-state index is -0.818. The van der Waals surface area contributed by atoms with E-state index in [0.29, 0.717) is 23.8 Å². The molecule has 0 aliphatic carbocycles. The van der Waals surface area contributed by atoms with Gasteiger partial charge >= 0.3 is 12.0 Å². The first-order valence-electron chi connectivity index (χ1n) is 12.0. The molecule has 3 amide bonds. The van der Waals surface area contributed by atoms with Crippen LogP contribution in [-0.2, 0) is 16.0 Å². The van der Waals surface area contributed by atoms with Gasteiger partial charge in [0.1, 0.15) is 5.82 Å². The number of hydrogen-bond donors (Lipinski definition) is 4. The van der Waals surface area contributed by atoms with Crippen LogP contribution in [0.3, 0.4) is 0 Å². The van der Waals surface area contributed by atoms with Crippen molar-refractivity contribution in [2.45, 2.75) is 58.5 Å². The molecule has 4 N–H and O–H groups in total. The Labute approximate surface area is 215 Å². The third-order valence-corrected chi connectivity index (χ3v) is 6.81. The highest BCUT2D eigenvalue weighted by Gasteiger charge is 2.27. The number of urea groups is 1. The highest BCUT2D eigenvalue weighted by Crippen LogP contribution is 2.26. The van der Waals surface area contributed by atoms with Gasteiger partial charge in [-0.3, -0.25) is 19.9 Å². The molecule has 9 nitrogen and oxygen atoms in total. The van der Waals surface area contributed by atoms with Crippen LogP contribution in [0.4, 0.5) is 16.3 Å². The van der Waals surface area contributed by atoms with Crippen molar-refractivity contribution >= 4 is 46.2 Å². The van der Waals surface area contributed by atoms with E-state index < -0.39 is 12.0 Å². The fraction of sp³-hybridized carbons (Fsp3) is 0.423. The number of hydrogen-bond acceptors (Lipinski definition) is 6. The van der Waals surface area contributed by atoms with Crippen molar-refractivity contribution in [1.29, 1.82) is 0 Å². The van der Waals surface area contributed by atoms with Gasteiger partial charge in [-0.2, -0.15) is 0 Å². The Balaban J connectivity index is 1.58. The van der Waals surface area contributed by atoms with Gasteiger partial charge in [-0.15, -0.1) is 11.8 Å². The molecule has 0 spiro atoms. The molecule has 3 rings (SSSR count). The monoisotopic (exact) mass is 511 g/mol. The number of thioether (sulfide) groups is 1. The predicted octanol–water partition coefficient (Wildman–Crippen LogP) is 4.49. The number of carboxylic acids is 1. The third-order valence-electron chi connectivity index (χ3n) is 5.58. The molecule has 2 unspecified atom stereocenters. The highest BCUT2D eigenvalue weighted by molar-refractivity contribution is 8.14. The van der Waals surface area contributed by atoms with Crippen LogP contribution in [0.15, 0.2) is 47.6 Å². The molecule has 0 fully saturated rings. The summed E-state index contributed by atoms with van der Waals surface area (Å²) in [5.41, 5.74) is 2.32. The summed E-state index contributed by atoms with van der Waals surface area (Å²) >= 11 is 1.60. The SMILES string of the molecule is Cc1cc(CC(=O)NC(CC(C)C)C2=NC(CCC(=O)O)CS2)ccc1NC(=O)Nc1ccccn1. The maximum Gasteiger partial charge on any atom is 0.324 e. The van der Waals surface area contributed by atoms with Gasteiger partial charge in [-0.1, -0.05) is 32.0 Å². The summed E-state index contributed by atoms with van der Waals surface area (Å²) in [6.07, 6.45) is 3.17. The quantitative estimate of drug-likeness (QED) is 0.351. The van der Waals surface area contributed by atoms with Crippen molar-refractivity contribution in [2.24, 2.45) is 10.9 Å². The summed E-state index contributed by atoms with van der Waals surface area (Å²) in [6, 6.07) is 10.1. The molecule has 2 heterocycles. The molecule has 192 valence electrons. The Bertz CT molecular complexity index is 1110. The first-order valence-corrected chi connectivity index (χ1v) is 13.0. The number of aromatic nitrogens is 1. The average Bonchev–Trinajstić information content (AvgIpc) is 3.28. The second-order valence-corrected chi connectivity index (χ2v) is 10.3. The second kappa shape index (κ2) is 13.1. The number of carbonyl (C=O) groups is 3. The van der Waals surface area contributed by atoms with Crippen LogP contribution in [0.5, 0.6) is 0 Å². The molecule has 1 aromatic carbocycles. The Morgan fingerprint density at radius 1 is 1.17 bits per heavy atom. The molecule has 2 atom stereocenters. The molecule has 36 heavy (non-hydrogen) atoms. The number of carboxylic acid groups (broad SMARTS) is 1. The number of rotatable bonds is 11. The first kappa shape index (κ1) is 27.2. The van der Waals surface area contributed by atoms with Gasteiger partial charge in [-0.05, 0) is 55.0 Å². The van der Waals surface area contributed by atoms with E-state index in [2.05, 4.69) is 34.8 Å². The van der Waals surface area contributed by atoms with E-state index in [-0.39, 0.29) is 30.8 Å². The maximum atomic E-state index is 12.9. The maximum absolute atomic E-state index is 12.9. The zero-order chi connectivity index (χ0) is 26.1. The smallest absolute Gasteiger partial charge is 0.324 e. The molecule has 2 aromatic rings. The number of benzene rings is 1. The van der Waals surface area contributed by atoms with Crippen LogP contribution in [0.1, 0.15) is 44.2 Å². The summed E-state index contributed by atoms with van der Waals surface area (Å²) in [5, 5.41) is 18.4. The minimum Gasteiger partial charge on any atom is -0.481 e. The number of nitrogens with zero attached hydrogens (tertiary/aromatic N) is 2. The van der Waals surface area contributed by atoms with Crippen molar-refractivity contribution in [2.75, 3.05) is 16.4 Å². The molecule has 1 aliphatic rings. The molecular formula is C26H33N5O4S. The summed E-state index contributed by atoms with van der Waals surface area (Å²) in [5.74, 6) is 0.637. The van der Waals surface area contributed by atoms with Crippen LogP contribution < -0.4 is 16.0 Å². The van der Waals surface area contributed by atoms with E-state index in [1.165, 1.54) is 0 Å². The van der Waals surface area contributed by atoms with Gasteiger partial charge in [-0.25, -0.2) is 9.78 Å². The van der Waals surface area contributed by atoms with Gasteiger partial charge in [0.05, 0.1) is 23.5 Å². The molecular weight excluding hydrogens is 478 g/mol. The van der Waals surface area contributed by atoms with E-state index >= 15 is 0 Å². The van der Waals surface area contributed by atoms with E-state index in [1.807, 2.05) is 19.1 Å². The normalized spacial score (nSPS) is 15.8. The molecule has 0 saturated heterocycles. The van der Waals surface area contributed by atoms with Gasteiger partial charge in [0.25, 0.3) is 0 Å². The van der Waals surface area contributed by atoms with E-state index in [9.17, 15) is 14.4 Å². The Hall–Kier alpha value is -3.40. The summed E-state index contributed by atoms with van der Waals surface area (Å²) in [6.45, 7) is 6.07. The van der Waals surface area contributed by atoms with Gasteiger partial charge in [0.15, 0.2) is 0 Å². The standard InChI is InChI=1S/C26H33N5O4S/c1-16(2)12-21(25-28-19(15-36-25)8-10-24(33)34)29-23(32)14-18-7-9-20(17(3)13-18)30-26(35)31-22-6-4-5-11-27-22/h4-7,9,11,13,16,19,21H,8,10,12,14-15H2,1-3H3,(H,29,32)(H,33,34)(H2,27,30,31,35). The van der Waals surface area contributed by atoms with Crippen LogP contribution in [0, 0.1) is 12.8 Å². The fourth-order valence-electron chi connectivity index (χ4n) is 3.87. The second-order valence-electron chi connectivity index (χ2n) is 9.23. The van der Waals surface area contributed by atoms with Crippen molar-refractivity contribution < 1.29 is 19.5 Å². The predicted molar refractivity (Wildman–Crippen MR) is 144 cm³/mol. The lowest BCUT2D eigenvalue weighted by atomic mass is 10.0. The molecule has 0 bridgehead atoms. The number of carbonyl (C=O) groups excluding carboxylic acids is 2. The zero-order valence-corrected chi connectivity index (χ0v) is 21.6. The number of anilines is 2. The van der Waals surface area contributed by atoms with Crippen LogP contribution in [0.2, 0.25) is 0 Å². The van der Waals surface area contributed by atoms with Gasteiger partial charge < -0.3 is 15.7 Å². The van der Waals surface area contributed by atoms with Crippen molar-refractivity contribution in [3.05, 3.63) is 53.7 Å². The van der Waals surface area contributed by atoms with E-state index in [0.717, 1.165) is 28.3 Å². The fourth-order valence-corrected chi connectivity index (χ4v) is 5.06. The highest BCUT2D eigenvalue weighted by atomic mass is 32.2. The lowest BCUT2D eigenvalue weighted by Crippen LogP contribution is -2.41. The minimum absolute atomic E-state index is 0.0229. The van der Waals surface area contributed by atoms with Gasteiger partial charge in [0, 0.05) is 24.1 Å². The topological polar surface area (TPSA) is 133 Å². The summed E-state index contributed by atoms with van der Waals surface area (Å²) < 4.78 is 0. The number of aryl methyl sites for hydroxylation is 1. The third kappa shape index (κ3) is 8.67. The molecule has 0 saturated carbocycles. The molecule has 1 aromatic heterocycles.